The maximum Gasteiger partial charge on any atom is 0.216 e. The van der Waals surface area contributed by atoms with Crippen LogP contribution in [-0.2, 0) is 4.79 Å². The molecule has 0 radical (unpaired) electrons. The van der Waals surface area contributed by atoms with Gasteiger partial charge >= 0.3 is 0 Å². The van der Waals surface area contributed by atoms with Gasteiger partial charge in [0.25, 0.3) is 0 Å². The van der Waals surface area contributed by atoms with E-state index in [1.807, 2.05) is 0 Å². The van der Waals surface area contributed by atoms with Crippen molar-refractivity contribution >= 4 is 5.91 Å². The van der Waals surface area contributed by atoms with Gasteiger partial charge in [-0.2, -0.15) is 0 Å². The molecule has 0 aliphatic rings. The molecule has 18 heavy (non-hydrogen) atoms. The average molecular weight is 253 g/mol. The largest absolute Gasteiger partial charge is 0.508 e. The van der Waals surface area contributed by atoms with Crippen LogP contribution in [-0.4, -0.2) is 33.9 Å². The molecule has 0 spiro atoms. The molecule has 0 aromatic heterocycles. The summed E-state index contributed by atoms with van der Waals surface area (Å²) < 4.78 is 0. The van der Waals surface area contributed by atoms with Gasteiger partial charge in [0.2, 0.25) is 5.91 Å². The van der Waals surface area contributed by atoms with Crippen molar-refractivity contribution in [3.63, 3.8) is 0 Å². The maximum atomic E-state index is 10.7. The second kappa shape index (κ2) is 6.37. The van der Waals surface area contributed by atoms with E-state index < -0.39 is 12.2 Å². The highest BCUT2D eigenvalue weighted by molar-refractivity contribution is 5.72. The number of carbonyl (C=O) groups excluding carboxylic acids is 1. The van der Waals surface area contributed by atoms with Gasteiger partial charge in [-0.05, 0) is 30.5 Å². The predicted octanol–water partition coefficient (Wildman–Crippen LogP) is 0.621. The summed E-state index contributed by atoms with van der Waals surface area (Å²) in [6, 6.07) is 4.79. The zero-order valence-electron chi connectivity index (χ0n) is 10.6. The highest BCUT2D eigenvalue weighted by atomic mass is 16.3. The molecule has 1 aromatic rings. The van der Waals surface area contributed by atoms with E-state index in [2.05, 4.69) is 5.32 Å². The highest BCUT2D eigenvalue weighted by Crippen LogP contribution is 2.27. The van der Waals surface area contributed by atoms with Crippen LogP contribution in [0.2, 0.25) is 0 Å². The third-order valence-electron chi connectivity index (χ3n) is 2.84. The Hall–Kier alpha value is -1.59. The molecule has 2 atom stereocenters. The molecular formula is C13H19NO4. The molecule has 0 saturated heterocycles. The van der Waals surface area contributed by atoms with Crippen LogP contribution in [0.25, 0.3) is 0 Å². The number of amides is 1. The van der Waals surface area contributed by atoms with Crippen molar-refractivity contribution < 1.29 is 20.1 Å². The van der Waals surface area contributed by atoms with Crippen molar-refractivity contribution in [2.45, 2.75) is 32.5 Å². The number of carbonyl (C=O) groups is 1. The van der Waals surface area contributed by atoms with E-state index in [1.54, 1.807) is 19.1 Å². The summed E-state index contributed by atoms with van der Waals surface area (Å²) in [4.78, 5) is 10.7. The number of hydrogen-bond donors (Lipinski definition) is 4. The lowest BCUT2D eigenvalue weighted by Gasteiger charge is -2.20. The van der Waals surface area contributed by atoms with Gasteiger partial charge in [0.1, 0.15) is 11.9 Å². The van der Waals surface area contributed by atoms with E-state index in [9.17, 15) is 20.1 Å². The van der Waals surface area contributed by atoms with Gasteiger partial charge in [0.05, 0.1) is 6.10 Å². The first-order valence-corrected chi connectivity index (χ1v) is 5.82. The third-order valence-corrected chi connectivity index (χ3v) is 2.84. The SMILES string of the molecule is CC(=O)NCCC(O)C(O)c1cccc(O)c1C. The Labute approximate surface area is 106 Å². The van der Waals surface area contributed by atoms with Crippen LogP contribution in [0.5, 0.6) is 5.75 Å². The second-order valence-electron chi connectivity index (χ2n) is 4.28. The van der Waals surface area contributed by atoms with Crippen molar-refractivity contribution in [3.8, 4) is 5.75 Å². The smallest absolute Gasteiger partial charge is 0.216 e. The van der Waals surface area contributed by atoms with Crippen molar-refractivity contribution in [1.82, 2.24) is 5.32 Å². The number of rotatable bonds is 5. The Morgan fingerprint density at radius 3 is 2.67 bits per heavy atom. The first kappa shape index (κ1) is 14.5. The van der Waals surface area contributed by atoms with Gasteiger partial charge in [0.15, 0.2) is 0 Å². The molecule has 1 amide bonds. The average Bonchev–Trinajstić information content (AvgIpc) is 2.31. The summed E-state index contributed by atoms with van der Waals surface area (Å²) in [5.41, 5.74) is 1.04. The zero-order valence-corrected chi connectivity index (χ0v) is 10.6. The van der Waals surface area contributed by atoms with Crippen LogP contribution >= 0.6 is 0 Å². The summed E-state index contributed by atoms with van der Waals surface area (Å²) in [6.45, 7) is 3.36. The zero-order chi connectivity index (χ0) is 13.7. The van der Waals surface area contributed by atoms with Gasteiger partial charge in [0, 0.05) is 13.5 Å². The monoisotopic (exact) mass is 253 g/mol. The first-order chi connectivity index (χ1) is 8.43. The number of phenols is 1. The molecule has 0 bridgehead atoms. The second-order valence-corrected chi connectivity index (χ2v) is 4.28. The highest BCUT2D eigenvalue weighted by Gasteiger charge is 2.20. The normalized spacial score (nSPS) is 14.0. The minimum atomic E-state index is -1.08. The fraction of sp³-hybridized carbons (Fsp3) is 0.462. The van der Waals surface area contributed by atoms with Gasteiger partial charge < -0.3 is 20.6 Å². The summed E-state index contributed by atoms with van der Waals surface area (Å²) in [7, 11) is 0. The lowest BCUT2D eigenvalue weighted by molar-refractivity contribution is -0.119. The molecule has 4 N–H and O–H groups in total. The van der Waals surface area contributed by atoms with Crippen LogP contribution in [0, 0.1) is 6.92 Å². The lowest BCUT2D eigenvalue weighted by atomic mass is 9.97. The summed E-state index contributed by atoms with van der Waals surface area (Å²) >= 11 is 0. The third kappa shape index (κ3) is 3.72. The van der Waals surface area contributed by atoms with Crippen molar-refractivity contribution in [2.75, 3.05) is 6.54 Å². The molecule has 1 aromatic carbocycles. The quantitative estimate of drug-likeness (QED) is 0.619. The van der Waals surface area contributed by atoms with E-state index >= 15 is 0 Å². The van der Waals surface area contributed by atoms with Crippen LogP contribution in [0.15, 0.2) is 18.2 Å². The minimum absolute atomic E-state index is 0.0839. The molecule has 1 rings (SSSR count). The molecule has 100 valence electrons. The number of aliphatic hydroxyl groups is 2. The van der Waals surface area contributed by atoms with Crippen molar-refractivity contribution in [1.29, 1.82) is 0 Å². The van der Waals surface area contributed by atoms with Crippen LogP contribution < -0.4 is 5.32 Å². The van der Waals surface area contributed by atoms with Gasteiger partial charge in [-0.1, -0.05) is 12.1 Å². The molecule has 5 nitrogen and oxygen atoms in total. The Bertz CT molecular complexity index is 419. The predicted molar refractivity (Wildman–Crippen MR) is 67.1 cm³/mol. The molecule has 5 heteroatoms. The van der Waals surface area contributed by atoms with E-state index in [-0.39, 0.29) is 18.1 Å². The van der Waals surface area contributed by atoms with E-state index in [0.717, 1.165) is 0 Å². The Balaban J connectivity index is 2.65. The van der Waals surface area contributed by atoms with Crippen LogP contribution in [0.1, 0.15) is 30.6 Å². The summed E-state index contributed by atoms with van der Waals surface area (Å²) in [5, 5.41) is 31.9. The summed E-state index contributed by atoms with van der Waals surface area (Å²) in [5.74, 6) is -0.0918. The van der Waals surface area contributed by atoms with Gasteiger partial charge in [-0.3, -0.25) is 4.79 Å². The van der Waals surface area contributed by atoms with E-state index in [4.69, 9.17) is 0 Å². The lowest BCUT2D eigenvalue weighted by Crippen LogP contribution is -2.27. The molecule has 0 heterocycles. The van der Waals surface area contributed by atoms with Crippen molar-refractivity contribution in [2.24, 2.45) is 0 Å². The van der Waals surface area contributed by atoms with E-state index in [0.29, 0.717) is 17.7 Å². The van der Waals surface area contributed by atoms with Gasteiger partial charge in [-0.15, -0.1) is 0 Å². The number of phenolic OH excluding ortho intramolecular Hbond substituents is 1. The Kier molecular flexibility index (Phi) is 5.12. The number of hydrogen-bond acceptors (Lipinski definition) is 4. The number of aliphatic hydroxyl groups excluding tert-OH is 2. The van der Waals surface area contributed by atoms with E-state index in [1.165, 1.54) is 13.0 Å². The summed E-state index contributed by atoms with van der Waals surface area (Å²) in [6.07, 6.45) is -1.82. The number of nitrogens with one attached hydrogen (secondary N) is 1. The number of aromatic hydroxyl groups is 1. The van der Waals surface area contributed by atoms with Crippen molar-refractivity contribution in [3.05, 3.63) is 29.3 Å². The van der Waals surface area contributed by atoms with Crippen LogP contribution in [0.4, 0.5) is 0 Å². The molecular weight excluding hydrogens is 234 g/mol. The van der Waals surface area contributed by atoms with Crippen LogP contribution in [0.3, 0.4) is 0 Å². The topological polar surface area (TPSA) is 89.8 Å². The Morgan fingerprint density at radius 2 is 2.06 bits per heavy atom. The van der Waals surface area contributed by atoms with Gasteiger partial charge in [-0.25, -0.2) is 0 Å². The molecule has 0 fully saturated rings. The molecule has 0 aliphatic heterocycles. The molecule has 0 aliphatic carbocycles. The first-order valence-electron chi connectivity index (χ1n) is 5.82. The standard InChI is InChI=1S/C13H19NO4/c1-8-10(4-3-5-11(8)16)13(18)12(17)6-7-14-9(2)15/h3-5,12-13,16-18H,6-7H2,1-2H3,(H,14,15). The maximum absolute atomic E-state index is 10.7. The molecule has 0 saturated carbocycles. The fourth-order valence-electron chi connectivity index (χ4n) is 1.72. The number of benzene rings is 1. The minimum Gasteiger partial charge on any atom is -0.508 e. The Morgan fingerprint density at radius 1 is 1.39 bits per heavy atom. The molecule has 2 unspecified atom stereocenters. The fourth-order valence-corrected chi connectivity index (χ4v) is 1.72.